The van der Waals surface area contributed by atoms with Gasteiger partial charge in [-0.2, -0.15) is 0 Å². The summed E-state index contributed by atoms with van der Waals surface area (Å²) in [5.74, 6) is -1.98. The Morgan fingerprint density at radius 1 is 1.39 bits per heavy atom. The van der Waals surface area contributed by atoms with E-state index >= 15 is 0 Å². The van der Waals surface area contributed by atoms with E-state index in [0.29, 0.717) is 18.1 Å². The van der Waals surface area contributed by atoms with Crippen LogP contribution in [0.3, 0.4) is 0 Å². The van der Waals surface area contributed by atoms with E-state index in [-0.39, 0.29) is 18.2 Å². The van der Waals surface area contributed by atoms with Crippen molar-refractivity contribution in [2.24, 2.45) is 5.92 Å². The number of rotatable bonds is 5. The van der Waals surface area contributed by atoms with Gasteiger partial charge in [-0.15, -0.1) is 0 Å². The number of nitrogens with zero attached hydrogens (tertiary/aromatic N) is 2. The van der Waals surface area contributed by atoms with Crippen molar-refractivity contribution in [3.05, 3.63) is 34.9 Å². The van der Waals surface area contributed by atoms with Gasteiger partial charge in [0.05, 0.1) is 5.92 Å². The topological polar surface area (TPSA) is 77.9 Å². The summed E-state index contributed by atoms with van der Waals surface area (Å²) in [6.45, 7) is 2.16. The number of halogens is 1. The zero-order chi connectivity index (χ0) is 17.1. The number of likely N-dealkylation sites (N-methyl/N-ethyl adjacent to an activating group) is 1. The third-order valence-corrected chi connectivity index (χ3v) is 4.39. The molecule has 0 aliphatic carbocycles. The highest BCUT2D eigenvalue weighted by Crippen LogP contribution is 2.23. The third kappa shape index (κ3) is 4.01. The summed E-state index contributed by atoms with van der Waals surface area (Å²) in [6.07, 6.45) is 0.114. The summed E-state index contributed by atoms with van der Waals surface area (Å²) >= 11 is 5.83. The molecular weight excluding hydrogens is 320 g/mol. The summed E-state index contributed by atoms with van der Waals surface area (Å²) in [5.41, 5.74) is 0.933. The third-order valence-electron chi connectivity index (χ3n) is 4.14. The van der Waals surface area contributed by atoms with Gasteiger partial charge in [0.25, 0.3) is 0 Å². The van der Waals surface area contributed by atoms with Crippen molar-refractivity contribution in [2.45, 2.75) is 25.9 Å². The molecule has 7 heteroatoms. The van der Waals surface area contributed by atoms with Gasteiger partial charge >= 0.3 is 5.97 Å². The molecule has 124 valence electrons. The van der Waals surface area contributed by atoms with E-state index in [1.165, 1.54) is 18.9 Å². The second kappa shape index (κ2) is 7.00. The van der Waals surface area contributed by atoms with Gasteiger partial charge in [0, 0.05) is 31.6 Å². The Morgan fingerprint density at radius 3 is 2.57 bits per heavy atom. The van der Waals surface area contributed by atoms with E-state index in [1.54, 1.807) is 17.0 Å². The molecule has 1 aromatic rings. The van der Waals surface area contributed by atoms with Crippen LogP contribution in [0.4, 0.5) is 0 Å². The Balaban J connectivity index is 2.00. The average molecular weight is 339 g/mol. The van der Waals surface area contributed by atoms with Gasteiger partial charge in [-0.05, 0) is 24.6 Å². The minimum absolute atomic E-state index is 0.102. The van der Waals surface area contributed by atoms with E-state index in [4.69, 9.17) is 16.7 Å². The van der Waals surface area contributed by atoms with Gasteiger partial charge in [0.2, 0.25) is 11.8 Å². The minimum atomic E-state index is -1.07. The van der Waals surface area contributed by atoms with Crippen molar-refractivity contribution in [1.29, 1.82) is 0 Å². The molecule has 1 aliphatic rings. The van der Waals surface area contributed by atoms with E-state index in [1.807, 2.05) is 12.1 Å². The molecule has 0 spiro atoms. The number of carbonyl (C=O) groups excluding carboxylic acids is 2. The predicted octanol–water partition coefficient (Wildman–Crippen LogP) is 1.62. The van der Waals surface area contributed by atoms with Crippen LogP contribution >= 0.6 is 11.6 Å². The highest BCUT2D eigenvalue weighted by Gasteiger charge is 2.37. The molecule has 0 aromatic heterocycles. The molecule has 6 nitrogen and oxygen atoms in total. The van der Waals surface area contributed by atoms with Crippen molar-refractivity contribution < 1.29 is 19.5 Å². The van der Waals surface area contributed by atoms with E-state index in [9.17, 15) is 14.4 Å². The van der Waals surface area contributed by atoms with Crippen LogP contribution in [0.5, 0.6) is 0 Å². The predicted molar refractivity (Wildman–Crippen MR) is 84.8 cm³/mol. The largest absolute Gasteiger partial charge is 0.480 e. The van der Waals surface area contributed by atoms with Crippen LogP contribution in [0.25, 0.3) is 0 Å². The fourth-order valence-corrected chi connectivity index (χ4v) is 2.67. The molecule has 0 radical (unpaired) electrons. The zero-order valence-electron chi connectivity index (χ0n) is 13.0. The molecule has 0 bridgehead atoms. The van der Waals surface area contributed by atoms with Crippen molar-refractivity contribution in [3.8, 4) is 0 Å². The highest BCUT2D eigenvalue weighted by atomic mass is 35.5. The Morgan fingerprint density at radius 2 is 2.00 bits per heavy atom. The van der Waals surface area contributed by atoms with Gasteiger partial charge in [-0.3, -0.25) is 9.59 Å². The molecule has 2 atom stereocenters. The number of carboxylic acids is 1. The van der Waals surface area contributed by atoms with Crippen LogP contribution in [0.1, 0.15) is 18.9 Å². The first-order valence-electron chi connectivity index (χ1n) is 7.31. The molecular formula is C16H19ClN2O4. The Bertz CT molecular complexity index is 617. The molecule has 1 unspecified atom stereocenters. The average Bonchev–Trinajstić information content (AvgIpc) is 2.88. The number of hydrogen-bond acceptors (Lipinski definition) is 3. The number of carbonyl (C=O) groups is 3. The van der Waals surface area contributed by atoms with Crippen molar-refractivity contribution in [1.82, 2.24) is 9.80 Å². The molecule has 1 aromatic carbocycles. The van der Waals surface area contributed by atoms with Crippen LogP contribution in [0.15, 0.2) is 24.3 Å². The van der Waals surface area contributed by atoms with Gasteiger partial charge < -0.3 is 14.9 Å². The summed E-state index contributed by atoms with van der Waals surface area (Å²) < 4.78 is 0. The quantitative estimate of drug-likeness (QED) is 0.885. The van der Waals surface area contributed by atoms with Gasteiger partial charge in [-0.25, -0.2) is 4.79 Å². The molecule has 1 N–H and O–H groups in total. The maximum Gasteiger partial charge on any atom is 0.326 e. The van der Waals surface area contributed by atoms with E-state index in [2.05, 4.69) is 0 Å². The standard InChI is InChI=1S/C16H19ClN2O4/c1-10(16(22)23)18(2)15(21)12-7-14(20)19(9-12)8-11-3-5-13(17)6-4-11/h3-6,10,12H,7-9H2,1-2H3,(H,22,23)/t10-,12?/m0/s1. The first kappa shape index (κ1) is 17.3. The number of benzene rings is 1. The smallest absolute Gasteiger partial charge is 0.326 e. The lowest BCUT2D eigenvalue weighted by molar-refractivity contribution is -0.149. The zero-order valence-corrected chi connectivity index (χ0v) is 13.8. The Labute approximate surface area is 139 Å². The number of amides is 2. The maximum absolute atomic E-state index is 12.3. The SMILES string of the molecule is C[C@@H](C(=O)O)N(C)C(=O)C1CC(=O)N(Cc2ccc(Cl)cc2)C1. The number of carboxylic acid groups (broad SMARTS) is 1. The second-order valence-corrected chi connectivity index (χ2v) is 6.20. The fourth-order valence-electron chi connectivity index (χ4n) is 2.55. The summed E-state index contributed by atoms with van der Waals surface area (Å²) in [6, 6.07) is 6.26. The van der Waals surface area contributed by atoms with Crippen LogP contribution in [0, 0.1) is 5.92 Å². The minimum Gasteiger partial charge on any atom is -0.480 e. The Hall–Kier alpha value is -2.08. The molecule has 1 aliphatic heterocycles. The summed E-state index contributed by atoms with van der Waals surface area (Å²) in [5, 5.41) is 9.61. The van der Waals surface area contributed by atoms with Crippen molar-refractivity contribution in [3.63, 3.8) is 0 Å². The number of hydrogen-bond donors (Lipinski definition) is 1. The molecule has 23 heavy (non-hydrogen) atoms. The molecule has 1 fully saturated rings. The molecule has 2 rings (SSSR count). The lowest BCUT2D eigenvalue weighted by atomic mass is 10.1. The van der Waals surface area contributed by atoms with Crippen LogP contribution in [-0.4, -0.2) is 52.3 Å². The molecule has 1 saturated heterocycles. The van der Waals surface area contributed by atoms with Crippen molar-refractivity contribution >= 4 is 29.4 Å². The molecule has 1 heterocycles. The van der Waals surface area contributed by atoms with Gasteiger partial charge in [0.1, 0.15) is 6.04 Å². The summed E-state index contributed by atoms with van der Waals surface area (Å²) in [4.78, 5) is 38.2. The second-order valence-electron chi connectivity index (χ2n) is 5.77. The van der Waals surface area contributed by atoms with E-state index in [0.717, 1.165) is 5.56 Å². The first-order valence-corrected chi connectivity index (χ1v) is 7.69. The lowest BCUT2D eigenvalue weighted by Crippen LogP contribution is -2.43. The van der Waals surface area contributed by atoms with Gasteiger partial charge in [0.15, 0.2) is 0 Å². The molecule has 0 saturated carbocycles. The highest BCUT2D eigenvalue weighted by molar-refractivity contribution is 6.30. The number of aliphatic carboxylic acids is 1. The van der Waals surface area contributed by atoms with Gasteiger partial charge in [-0.1, -0.05) is 23.7 Å². The van der Waals surface area contributed by atoms with Crippen LogP contribution in [-0.2, 0) is 20.9 Å². The molecule has 2 amide bonds. The number of likely N-dealkylation sites (tertiary alicyclic amines) is 1. The van der Waals surface area contributed by atoms with Crippen LogP contribution < -0.4 is 0 Å². The van der Waals surface area contributed by atoms with Crippen molar-refractivity contribution in [2.75, 3.05) is 13.6 Å². The monoisotopic (exact) mass is 338 g/mol. The van der Waals surface area contributed by atoms with Crippen LogP contribution in [0.2, 0.25) is 5.02 Å². The normalized spacial score (nSPS) is 18.8. The fraction of sp³-hybridized carbons (Fsp3) is 0.438. The first-order chi connectivity index (χ1) is 10.8. The maximum atomic E-state index is 12.3. The lowest BCUT2D eigenvalue weighted by Gasteiger charge is -2.24. The summed E-state index contributed by atoms with van der Waals surface area (Å²) in [7, 11) is 1.45. The Kier molecular flexibility index (Phi) is 5.26. The van der Waals surface area contributed by atoms with E-state index < -0.39 is 17.9 Å².